The van der Waals surface area contributed by atoms with Crippen LogP contribution in [0.15, 0.2) is 47.6 Å². The van der Waals surface area contributed by atoms with Crippen molar-refractivity contribution < 1.29 is 48.3 Å². The highest BCUT2D eigenvalue weighted by atomic mass is 16.7. The van der Waals surface area contributed by atoms with E-state index in [0.29, 0.717) is 43.3 Å². The maximum absolute atomic E-state index is 14.1. The summed E-state index contributed by atoms with van der Waals surface area (Å²) in [5.74, 6) is -7.01. The van der Waals surface area contributed by atoms with Crippen LogP contribution in [0.5, 0.6) is 0 Å². The highest BCUT2D eigenvalue weighted by Gasteiger charge is 2.56. The third-order valence-electron chi connectivity index (χ3n) is 11.7. The van der Waals surface area contributed by atoms with E-state index in [0.717, 1.165) is 24.8 Å². The van der Waals surface area contributed by atoms with Crippen molar-refractivity contribution in [2.45, 2.75) is 148 Å². The zero-order valence-corrected chi connectivity index (χ0v) is 32.9. The quantitative estimate of drug-likeness (QED) is 0.201. The van der Waals surface area contributed by atoms with Gasteiger partial charge in [-0.1, -0.05) is 57.6 Å². The molecule has 2 bridgehead atoms. The normalized spacial score (nSPS) is 38.6. The number of hydrogen-bond donors (Lipinski definition) is 2. The van der Waals surface area contributed by atoms with Gasteiger partial charge >= 0.3 is 5.97 Å². The van der Waals surface area contributed by atoms with Crippen LogP contribution in [0.2, 0.25) is 0 Å². The van der Waals surface area contributed by atoms with Crippen LogP contribution in [0.25, 0.3) is 0 Å². The minimum atomic E-state index is -2.48. The molecule has 3 aliphatic heterocycles. The van der Waals surface area contributed by atoms with Gasteiger partial charge in [-0.25, -0.2) is 4.79 Å². The second kappa shape index (κ2) is 19.1. The number of hydrogen-bond acceptors (Lipinski definition) is 10. The molecule has 11 heteroatoms. The molecule has 0 radical (unpaired) electrons. The Hall–Kier alpha value is -2.96. The minimum Gasteiger partial charge on any atom is -0.456 e. The van der Waals surface area contributed by atoms with E-state index in [1.165, 1.54) is 19.1 Å². The Morgan fingerprint density at radius 1 is 1.04 bits per heavy atom. The molecular formula is C42H63NO10. The van der Waals surface area contributed by atoms with Gasteiger partial charge in [0.15, 0.2) is 5.78 Å². The summed E-state index contributed by atoms with van der Waals surface area (Å²) in [5.41, 5.74) is 2.38. The van der Waals surface area contributed by atoms with Crippen LogP contribution in [-0.2, 0) is 38.1 Å². The molecular weight excluding hydrogens is 678 g/mol. The standard InChI is InChI=1S/C42H63NO10/c1-9-14-31-20-25(2)19-26(3)21-35(50-7)38-36(51-8)23-28(5)42(49,53-38)39(46)40(47)43-18-13-12-17-32(43)41(48)52-37(29(6)33(44)24-34(31)45)27(4)22-30-15-10-11-16-30/h9,15,20,22,25-26,28-29,32-33,35-38,44,49H,1,10-14,16-19,21,23-24H2,2-8H3/b27-22?,31-20+. The fourth-order valence-corrected chi connectivity index (χ4v) is 8.63. The van der Waals surface area contributed by atoms with Gasteiger partial charge in [0.2, 0.25) is 5.79 Å². The summed E-state index contributed by atoms with van der Waals surface area (Å²) in [7, 11) is 3.07. The number of aliphatic hydroxyl groups excluding tert-OH is 1. The Bertz CT molecular complexity index is 1430. The number of amides is 1. The highest BCUT2D eigenvalue weighted by Crippen LogP contribution is 2.39. The molecule has 4 aliphatic rings. The van der Waals surface area contributed by atoms with Gasteiger partial charge in [-0.05, 0) is 94.1 Å². The smallest absolute Gasteiger partial charge is 0.329 e. The fraction of sp³-hybridized carbons (Fsp3) is 0.714. The molecule has 296 valence electrons. The Morgan fingerprint density at radius 3 is 2.38 bits per heavy atom. The lowest BCUT2D eigenvalue weighted by atomic mass is 9.81. The molecule has 1 aliphatic carbocycles. The topological polar surface area (TPSA) is 149 Å². The number of Topliss-reactive ketones (excluding diaryl/α,β-unsaturated/α-hetero) is 2. The van der Waals surface area contributed by atoms with E-state index in [1.54, 1.807) is 19.9 Å². The zero-order chi connectivity index (χ0) is 39.0. The zero-order valence-electron chi connectivity index (χ0n) is 32.9. The van der Waals surface area contributed by atoms with Crippen molar-refractivity contribution in [3.05, 3.63) is 47.6 Å². The first-order valence-electron chi connectivity index (χ1n) is 19.6. The van der Waals surface area contributed by atoms with Gasteiger partial charge in [0.05, 0.1) is 18.3 Å². The number of aliphatic hydroxyl groups is 2. The van der Waals surface area contributed by atoms with E-state index < -0.39 is 71.8 Å². The van der Waals surface area contributed by atoms with Gasteiger partial charge in [-0.3, -0.25) is 14.4 Å². The number of nitrogens with zero attached hydrogens (tertiary/aromatic N) is 1. The molecule has 0 saturated carbocycles. The van der Waals surface area contributed by atoms with Crippen LogP contribution < -0.4 is 0 Å². The molecule has 0 aromatic rings. The van der Waals surface area contributed by atoms with Crippen LogP contribution in [0, 0.1) is 23.7 Å². The van der Waals surface area contributed by atoms with Crippen molar-refractivity contribution in [2.24, 2.45) is 23.7 Å². The first kappa shape index (κ1) is 42.8. The molecule has 53 heavy (non-hydrogen) atoms. The third kappa shape index (κ3) is 10.2. The number of esters is 1. The molecule has 11 atom stereocenters. The largest absolute Gasteiger partial charge is 0.456 e. The number of methoxy groups -OCH3 is 2. The lowest BCUT2D eigenvalue weighted by molar-refractivity contribution is -0.302. The molecule has 2 N–H and O–H groups in total. The van der Waals surface area contributed by atoms with E-state index in [4.69, 9.17) is 18.9 Å². The fourth-order valence-electron chi connectivity index (χ4n) is 8.63. The molecule has 2 fully saturated rings. The van der Waals surface area contributed by atoms with Crippen molar-refractivity contribution in [1.29, 1.82) is 0 Å². The van der Waals surface area contributed by atoms with Gasteiger partial charge in [-0.15, -0.1) is 6.58 Å². The van der Waals surface area contributed by atoms with E-state index in [-0.39, 0.29) is 43.4 Å². The highest BCUT2D eigenvalue weighted by molar-refractivity contribution is 6.39. The van der Waals surface area contributed by atoms with E-state index >= 15 is 0 Å². The average molecular weight is 742 g/mol. The molecule has 0 aromatic carbocycles. The second-order valence-corrected chi connectivity index (χ2v) is 16.0. The van der Waals surface area contributed by atoms with Crippen molar-refractivity contribution in [3.63, 3.8) is 0 Å². The summed E-state index contributed by atoms with van der Waals surface area (Å²) in [4.78, 5) is 57.4. The summed E-state index contributed by atoms with van der Waals surface area (Å²) >= 11 is 0. The Kier molecular flexibility index (Phi) is 15.4. The third-order valence-corrected chi connectivity index (χ3v) is 11.7. The van der Waals surface area contributed by atoms with Crippen LogP contribution >= 0.6 is 0 Å². The summed E-state index contributed by atoms with van der Waals surface area (Å²) in [5, 5.41) is 23.5. The van der Waals surface area contributed by atoms with Crippen LogP contribution in [-0.4, -0.2) is 102 Å². The van der Waals surface area contributed by atoms with Crippen LogP contribution in [0.1, 0.15) is 105 Å². The number of cyclic esters (lactones) is 1. The predicted octanol–water partition coefficient (Wildman–Crippen LogP) is 5.57. The van der Waals surface area contributed by atoms with Crippen molar-refractivity contribution >= 4 is 23.4 Å². The van der Waals surface area contributed by atoms with Crippen molar-refractivity contribution in [3.8, 4) is 0 Å². The number of carbonyl (C=O) groups is 4. The number of carbonyl (C=O) groups excluding carboxylic acids is 4. The lowest BCUT2D eigenvalue weighted by Gasteiger charge is -2.47. The number of fused-ring (bicyclic) bond motifs is 3. The number of allylic oxidation sites excluding steroid dienone is 6. The number of piperidine rings is 1. The lowest BCUT2D eigenvalue weighted by Crippen LogP contribution is -2.64. The van der Waals surface area contributed by atoms with Gasteiger partial charge in [0, 0.05) is 39.0 Å². The summed E-state index contributed by atoms with van der Waals surface area (Å²) in [6.45, 7) is 13.3. The van der Waals surface area contributed by atoms with E-state index in [1.807, 2.05) is 26.0 Å². The molecule has 4 rings (SSSR count). The summed E-state index contributed by atoms with van der Waals surface area (Å²) in [6, 6.07) is -1.09. The summed E-state index contributed by atoms with van der Waals surface area (Å²) in [6.07, 6.45) is 9.53. The maximum atomic E-state index is 14.1. The molecule has 1 amide bonds. The monoisotopic (exact) mass is 741 g/mol. The second-order valence-electron chi connectivity index (χ2n) is 16.0. The van der Waals surface area contributed by atoms with E-state index in [2.05, 4.69) is 19.6 Å². The number of ketones is 2. The molecule has 0 aromatic heterocycles. The Balaban J connectivity index is 1.78. The first-order chi connectivity index (χ1) is 25.1. The minimum absolute atomic E-state index is 0.0253. The van der Waals surface area contributed by atoms with Gasteiger partial charge in [0.1, 0.15) is 18.2 Å². The predicted molar refractivity (Wildman–Crippen MR) is 200 cm³/mol. The maximum Gasteiger partial charge on any atom is 0.329 e. The van der Waals surface area contributed by atoms with E-state index in [9.17, 15) is 29.4 Å². The van der Waals surface area contributed by atoms with Crippen molar-refractivity contribution in [2.75, 3.05) is 20.8 Å². The van der Waals surface area contributed by atoms with Gasteiger partial charge in [0.25, 0.3) is 11.7 Å². The molecule has 11 unspecified atom stereocenters. The van der Waals surface area contributed by atoms with Crippen LogP contribution in [0.4, 0.5) is 0 Å². The van der Waals surface area contributed by atoms with Crippen LogP contribution in [0.3, 0.4) is 0 Å². The number of ether oxygens (including phenoxy) is 4. The molecule has 2 saturated heterocycles. The molecule has 0 spiro atoms. The van der Waals surface area contributed by atoms with Crippen molar-refractivity contribution in [1.82, 2.24) is 4.90 Å². The number of rotatable bonds is 6. The van der Waals surface area contributed by atoms with Gasteiger partial charge < -0.3 is 34.1 Å². The first-order valence-corrected chi connectivity index (χ1v) is 19.6. The Morgan fingerprint density at radius 2 is 1.74 bits per heavy atom. The van der Waals surface area contributed by atoms with Gasteiger partial charge in [-0.2, -0.15) is 0 Å². The summed E-state index contributed by atoms with van der Waals surface area (Å²) < 4.78 is 24.2. The Labute approximate surface area is 315 Å². The molecule has 3 heterocycles. The average Bonchev–Trinajstić information content (AvgIpc) is 3.65. The molecule has 11 nitrogen and oxygen atoms in total. The SMILES string of the molecule is C=CC/C1=C\C(C)CC(C)CC(OC)C2OC(O)(C(=O)C(=O)N3CCCCC3C(=O)OC(C(C)=CC3=CCCC3)C(C)C(O)CC1=O)C(C)CC2OC.